The number of para-hydroxylation sites is 2. The Morgan fingerprint density at radius 2 is 1.67 bits per heavy atom. The van der Waals surface area contributed by atoms with Crippen molar-refractivity contribution in [1.82, 2.24) is 24.1 Å². The van der Waals surface area contributed by atoms with Crippen LogP contribution in [0.15, 0.2) is 53.3 Å². The lowest BCUT2D eigenvalue weighted by Crippen LogP contribution is -2.25. The van der Waals surface area contributed by atoms with Crippen LogP contribution in [-0.4, -0.2) is 37.8 Å². The number of fused-ring (bicyclic) bond motifs is 4. The summed E-state index contributed by atoms with van der Waals surface area (Å²) in [5.74, 6) is 0.604. The van der Waals surface area contributed by atoms with Crippen LogP contribution in [0.3, 0.4) is 0 Å². The molecule has 3 aromatic heterocycles. The number of benzene rings is 2. The van der Waals surface area contributed by atoms with Crippen LogP contribution in [0.1, 0.15) is 5.82 Å². The van der Waals surface area contributed by atoms with Crippen molar-refractivity contribution in [2.75, 3.05) is 13.7 Å². The first kappa shape index (κ1) is 18.7. The molecule has 0 aliphatic rings. The van der Waals surface area contributed by atoms with E-state index in [9.17, 15) is 4.79 Å². The molecular weight excluding hydrogens is 402 g/mol. The minimum atomic E-state index is -0.156. The van der Waals surface area contributed by atoms with Crippen LogP contribution in [0.2, 0.25) is 5.02 Å². The van der Waals surface area contributed by atoms with Gasteiger partial charge in [-0.25, -0.2) is 15.0 Å². The van der Waals surface area contributed by atoms with Gasteiger partial charge in [0.25, 0.3) is 5.56 Å². The molecule has 0 bridgehead atoms. The molecule has 0 aliphatic carbocycles. The van der Waals surface area contributed by atoms with E-state index in [4.69, 9.17) is 31.3 Å². The van der Waals surface area contributed by atoms with Gasteiger partial charge in [-0.2, -0.15) is 0 Å². The van der Waals surface area contributed by atoms with E-state index in [-0.39, 0.29) is 5.56 Å². The minimum Gasteiger partial charge on any atom is -0.383 e. The largest absolute Gasteiger partial charge is 0.383 e. The first-order chi connectivity index (χ1) is 14.6. The SMILES string of the molecule is COCCn1c(C)nc2c(c1=O)c1nc3ccccc3nc1n2-c1ccc(Cl)cc1. The lowest BCUT2D eigenvalue weighted by Gasteiger charge is -2.10. The monoisotopic (exact) mass is 419 g/mol. The highest BCUT2D eigenvalue weighted by atomic mass is 35.5. The fourth-order valence-electron chi connectivity index (χ4n) is 3.71. The standard InChI is InChI=1S/C22H18ClN5O2/c1-13-24-20-18(22(29)27(13)11-12-30-2)19-21(26-17-6-4-3-5-16(17)25-19)28(20)15-9-7-14(23)8-10-15/h3-10H,11-12H2,1-2H3. The minimum absolute atomic E-state index is 0.156. The first-order valence-corrected chi connectivity index (χ1v) is 9.89. The Bertz CT molecular complexity index is 1470. The zero-order valence-electron chi connectivity index (χ0n) is 16.5. The molecule has 0 saturated heterocycles. The Hall–Kier alpha value is -3.29. The highest BCUT2D eigenvalue weighted by Crippen LogP contribution is 2.29. The number of halogens is 1. The Balaban J connectivity index is 1.96. The van der Waals surface area contributed by atoms with Crippen molar-refractivity contribution in [2.24, 2.45) is 0 Å². The van der Waals surface area contributed by atoms with Crippen molar-refractivity contribution in [2.45, 2.75) is 13.5 Å². The van der Waals surface area contributed by atoms with Crippen LogP contribution in [0.5, 0.6) is 0 Å². The van der Waals surface area contributed by atoms with Gasteiger partial charge < -0.3 is 4.74 Å². The topological polar surface area (TPSA) is 74.8 Å². The molecule has 0 aliphatic heterocycles. The van der Waals surface area contributed by atoms with Gasteiger partial charge in [0.15, 0.2) is 11.3 Å². The van der Waals surface area contributed by atoms with E-state index in [1.54, 1.807) is 23.8 Å². The lowest BCUT2D eigenvalue weighted by molar-refractivity contribution is 0.185. The average Bonchev–Trinajstić information content (AvgIpc) is 3.05. The molecule has 3 heterocycles. The Morgan fingerprint density at radius 3 is 2.37 bits per heavy atom. The molecule has 2 aromatic carbocycles. The second-order valence-electron chi connectivity index (χ2n) is 7.00. The Kier molecular flexibility index (Phi) is 4.49. The quantitative estimate of drug-likeness (QED) is 0.441. The maximum absolute atomic E-state index is 13.5. The van der Waals surface area contributed by atoms with Gasteiger partial charge in [0.05, 0.1) is 24.2 Å². The van der Waals surface area contributed by atoms with Crippen LogP contribution in [-0.2, 0) is 11.3 Å². The van der Waals surface area contributed by atoms with Gasteiger partial charge in [0, 0.05) is 17.8 Å². The van der Waals surface area contributed by atoms with Crippen molar-refractivity contribution in [3.05, 3.63) is 69.7 Å². The molecule has 0 fully saturated rings. The molecule has 0 atom stereocenters. The van der Waals surface area contributed by atoms with Crippen LogP contribution < -0.4 is 5.56 Å². The number of aromatic nitrogens is 5. The van der Waals surface area contributed by atoms with E-state index >= 15 is 0 Å². The molecular formula is C22H18ClN5O2. The Morgan fingerprint density at radius 1 is 0.967 bits per heavy atom. The van der Waals surface area contributed by atoms with Crippen LogP contribution in [0, 0.1) is 6.92 Å². The number of aryl methyl sites for hydroxylation is 1. The molecule has 7 nitrogen and oxygen atoms in total. The predicted molar refractivity (Wildman–Crippen MR) is 118 cm³/mol. The fourth-order valence-corrected chi connectivity index (χ4v) is 3.84. The molecule has 0 amide bonds. The Labute approximate surface area is 176 Å². The van der Waals surface area contributed by atoms with Crippen molar-refractivity contribution >= 4 is 44.8 Å². The fraction of sp³-hybridized carbons (Fsp3) is 0.182. The van der Waals surface area contributed by atoms with E-state index in [0.717, 1.165) is 16.7 Å². The molecule has 8 heteroatoms. The van der Waals surface area contributed by atoms with E-state index in [1.165, 1.54) is 0 Å². The summed E-state index contributed by atoms with van der Waals surface area (Å²) in [7, 11) is 1.61. The van der Waals surface area contributed by atoms with E-state index in [2.05, 4.69) is 0 Å². The summed E-state index contributed by atoms with van der Waals surface area (Å²) in [5, 5.41) is 1.07. The van der Waals surface area contributed by atoms with Crippen molar-refractivity contribution in [1.29, 1.82) is 0 Å². The molecule has 0 spiro atoms. The molecule has 0 unspecified atom stereocenters. The molecule has 0 saturated carbocycles. The summed E-state index contributed by atoms with van der Waals surface area (Å²) in [5.41, 5.74) is 3.77. The van der Waals surface area contributed by atoms with E-state index < -0.39 is 0 Å². The van der Waals surface area contributed by atoms with Crippen LogP contribution >= 0.6 is 11.6 Å². The molecule has 5 aromatic rings. The number of hydrogen-bond donors (Lipinski definition) is 0. The van der Waals surface area contributed by atoms with Crippen LogP contribution in [0.25, 0.3) is 38.9 Å². The van der Waals surface area contributed by atoms with Gasteiger partial charge >= 0.3 is 0 Å². The van der Waals surface area contributed by atoms with Gasteiger partial charge in [0.2, 0.25) is 0 Å². The third kappa shape index (κ3) is 2.86. The van der Waals surface area contributed by atoms with Gasteiger partial charge in [-0.1, -0.05) is 23.7 Å². The zero-order chi connectivity index (χ0) is 20.8. The maximum Gasteiger partial charge on any atom is 0.265 e. The molecule has 5 rings (SSSR count). The van der Waals surface area contributed by atoms with E-state index in [0.29, 0.717) is 46.2 Å². The highest BCUT2D eigenvalue weighted by Gasteiger charge is 2.22. The molecule has 0 N–H and O–H groups in total. The number of ether oxygens (including phenoxy) is 1. The summed E-state index contributed by atoms with van der Waals surface area (Å²) in [6.07, 6.45) is 0. The summed E-state index contributed by atoms with van der Waals surface area (Å²) in [6, 6.07) is 15.0. The second kappa shape index (κ2) is 7.19. The third-order valence-electron chi connectivity index (χ3n) is 5.16. The van der Waals surface area contributed by atoms with Gasteiger partial charge in [0.1, 0.15) is 16.7 Å². The van der Waals surface area contributed by atoms with Crippen molar-refractivity contribution in [3.63, 3.8) is 0 Å². The second-order valence-corrected chi connectivity index (χ2v) is 7.44. The number of nitrogens with zero attached hydrogens (tertiary/aromatic N) is 5. The normalized spacial score (nSPS) is 11.7. The maximum atomic E-state index is 13.5. The summed E-state index contributed by atoms with van der Waals surface area (Å²) in [6.45, 7) is 2.65. The lowest BCUT2D eigenvalue weighted by atomic mass is 10.3. The van der Waals surface area contributed by atoms with Gasteiger partial charge in [-0.05, 0) is 43.3 Å². The summed E-state index contributed by atoms with van der Waals surface area (Å²) >= 11 is 6.09. The number of methoxy groups -OCH3 is 1. The smallest absolute Gasteiger partial charge is 0.265 e. The van der Waals surface area contributed by atoms with E-state index in [1.807, 2.05) is 47.9 Å². The average molecular weight is 420 g/mol. The number of hydrogen-bond acceptors (Lipinski definition) is 5. The van der Waals surface area contributed by atoms with Gasteiger partial charge in [-0.15, -0.1) is 0 Å². The number of rotatable bonds is 4. The summed E-state index contributed by atoms with van der Waals surface area (Å²) in [4.78, 5) is 27.9. The van der Waals surface area contributed by atoms with Crippen LogP contribution in [0.4, 0.5) is 0 Å². The molecule has 150 valence electrons. The zero-order valence-corrected chi connectivity index (χ0v) is 17.2. The van der Waals surface area contributed by atoms with Crippen molar-refractivity contribution in [3.8, 4) is 5.69 Å². The van der Waals surface area contributed by atoms with Gasteiger partial charge in [-0.3, -0.25) is 13.9 Å². The summed E-state index contributed by atoms with van der Waals surface area (Å²) < 4.78 is 8.66. The van der Waals surface area contributed by atoms with Crippen molar-refractivity contribution < 1.29 is 4.74 Å². The highest BCUT2D eigenvalue weighted by molar-refractivity contribution is 6.30. The predicted octanol–water partition coefficient (Wildman–Crippen LogP) is 3.89. The first-order valence-electron chi connectivity index (χ1n) is 9.51. The molecule has 0 radical (unpaired) electrons. The molecule has 30 heavy (non-hydrogen) atoms. The third-order valence-corrected chi connectivity index (χ3v) is 5.41.